The molecule has 0 rings (SSSR count). The molecule has 15 heavy (non-hydrogen) atoms. The normalized spacial score (nSPS) is 13.5. The first kappa shape index (κ1) is 13.7. The molecule has 0 amide bonds. The van der Waals surface area contributed by atoms with Gasteiger partial charge < -0.3 is 0 Å². The van der Waals surface area contributed by atoms with Crippen molar-refractivity contribution in [2.24, 2.45) is 0 Å². The molecule has 0 aliphatic carbocycles. The number of hydrogen-bond donors (Lipinski definition) is 0. The second kappa shape index (κ2) is 12.7. The summed E-state index contributed by atoms with van der Waals surface area (Å²) < 4.78 is 0. The number of hydrogen-bond acceptors (Lipinski definition) is 0. The molecule has 0 aliphatic heterocycles. The van der Waals surface area contributed by atoms with E-state index in [-0.39, 0.29) is 0 Å². The lowest BCUT2D eigenvalue weighted by Crippen LogP contribution is -1.64. The summed E-state index contributed by atoms with van der Waals surface area (Å²) in [4.78, 5) is 0. The largest absolute Gasteiger partial charge is 0.0845 e. The van der Waals surface area contributed by atoms with Crippen LogP contribution in [0, 0.1) is 6.92 Å². The highest BCUT2D eigenvalue weighted by atomic mass is 13.8. The predicted octanol–water partition coefficient (Wildman–Crippen LogP) is 4.79. The molecule has 0 atom stereocenters. The second-order valence-corrected chi connectivity index (χ2v) is 3.15. The van der Waals surface area contributed by atoms with E-state index in [2.05, 4.69) is 32.1 Å². The third-order valence-electron chi connectivity index (χ3n) is 1.77. The van der Waals surface area contributed by atoms with Crippen LogP contribution in [0.25, 0.3) is 0 Å². The highest BCUT2D eigenvalue weighted by Crippen LogP contribution is 1.94. The van der Waals surface area contributed by atoms with Gasteiger partial charge in [-0.25, -0.2) is 0 Å². The number of allylic oxidation sites excluding steroid dienone is 10. The smallest absolute Gasteiger partial charge is 0.0313 e. The van der Waals surface area contributed by atoms with Crippen molar-refractivity contribution < 1.29 is 0 Å². The molecule has 0 aromatic heterocycles. The van der Waals surface area contributed by atoms with Crippen molar-refractivity contribution in [3.8, 4) is 0 Å². The summed E-state index contributed by atoms with van der Waals surface area (Å²) in [5.41, 5.74) is 0. The standard InChI is InChI=1S/C15H21/c1-3-5-7-9-11-13-15-14-12-10-8-6-4-2/h3,5,7,9-15H,1,4,6,8H2,2H3. The average molecular weight is 201 g/mol. The van der Waals surface area contributed by atoms with Crippen LogP contribution >= 0.6 is 0 Å². The van der Waals surface area contributed by atoms with Gasteiger partial charge in [0.05, 0.1) is 0 Å². The van der Waals surface area contributed by atoms with Crippen LogP contribution in [-0.4, -0.2) is 0 Å². The summed E-state index contributed by atoms with van der Waals surface area (Å²) in [6.45, 7) is 5.80. The molecular weight excluding hydrogens is 180 g/mol. The van der Waals surface area contributed by atoms with Gasteiger partial charge in [-0.05, 0) is 13.3 Å². The molecule has 0 aromatic carbocycles. The Balaban J connectivity index is 3.56. The number of unbranched alkanes of at least 4 members (excludes halogenated alkanes) is 2. The van der Waals surface area contributed by atoms with E-state index < -0.39 is 0 Å². The number of rotatable bonds is 7. The summed E-state index contributed by atoms with van der Waals surface area (Å²) in [5, 5.41) is 0. The molecule has 0 nitrogen and oxygen atoms in total. The lowest BCUT2D eigenvalue weighted by Gasteiger charge is -1.84. The molecule has 0 heteroatoms. The van der Waals surface area contributed by atoms with Crippen LogP contribution in [0.4, 0.5) is 0 Å². The fourth-order valence-corrected chi connectivity index (χ4v) is 0.960. The highest BCUT2D eigenvalue weighted by Gasteiger charge is 1.74. The third kappa shape index (κ3) is 12.7. The Morgan fingerprint density at radius 1 is 0.800 bits per heavy atom. The average Bonchev–Trinajstić information content (AvgIpc) is 2.26. The van der Waals surface area contributed by atoms with E-state index in [4.69, 9.17) is 0 Å². The molecule has 81 valence electrons. The first-order valence-corrected chi connectivity index (χ1v) is 5.52. The van der Waals surface area contributed by atoms with Crippen LogP contribution in [0.3, 0.4) is 0 Å². The van der Waals surface area contributed by atoms with Crippen molar-refractivity contribution in [2.45, 2.75) is 26.2 Å². The minimum atomic E-state index is 1.18. The topological polar surface area (TPSA) is 0 Å². The Morgan fingerprint density at radius 3 is 1.87 bits per heavy atom. The van der Waals surface area contributed by atoms with Crippen LogP contribution in [0.5, 0.6) is 0 Å². The molecule has 1 radical (unpaired) electrons. The highest BCUT2D eigenvalue weighted by molar-refractivity contribution is 5.17. The zero-order chi connectivity index (χ0) is 11.2. The van der Waals surface area contributed by atoms with Crippen molar-refractivity contribution in [2.75, 3.05) is 0 Å². The summed E-state index contributed by atoms with van der Waals surface area (Å²) >= 11 is 0. The minimum absolute atomic E-state index is 1.18. The molecule has 0 spiro atoms. The molecule has 0 N–H and O–H groups in total. The Labute approximate surface area is 94.4 Å². The Morgan fingerprint density at radius 2 is 1.33 bits per heavy atom. The minimum Gasteiger partial charge on any atom is -0.0845 e. The Bertz CT molecular complexity index is 249. The Hall–Kier alpha value is -1.30. The summed E-state index contributed by atoms with van der Waals surface area (Å²) in [7, 11) is 0. The van der Waals surface area contributed by atoms with Crippen LogP contribution in [0.2, 0.25) is 0 Å². The predicted molar refractivity (Wildman–Crippen MR) is 70.6 cm³/mol. The van der Waals surface area contributed by atoms with Crippen LogP contribution in [-0.2, 0) is 0 Å². The van der Waals surface area contributed by atoms with Crippen molar-refractivity contribution in [1.29, 1.82) is 0 Å². The SMILES string of the molecule is [CH2]C=CC=CC=CC=CC=CCCCC. The van der Waals surface area contributed by atoms with Crippen molar-refractivity contribution in [3.05, 3.63) is 67.7 Å². The van der Waals surface area contributed by atoms with E-state index in [1.165, 1.54) is 19.3 Å². The zero-order valence-corrected chi connectivity index (χ0v) is 9.60. The van der Waals surface area contributed by atoms with Crippen molar-refractivity contribution in [3.63, 3.8) is 0 Å². The van der Waals surface area contributed by atoms with Gasteiger partial charge in [0.25, 0.3) is 0 Å². The van der Waals surface area contributed by atoms with Crippen LogP contribution < -0.4 is 0 Å². The van der Waals surface area contributed by atoms with E-state index >= 15 is 0 Å². The quantitative estimate of drug-likeness (QED) is 0.410. The zero-order valence-electron chi connectivity index (χ0n) is 9.60. The summed E-state index contributed by atoms with van der Waals surface area (Å²) in [5.74, 6) is 0. The van der Waals surface area contributed by atoms with Crippen LogP contribution in [0.1, 0.15) is 26.2 Å². The maximum Gasteiger partial charge on any atom is -0.0313 e. The van der Waals surface area contributed by atoms with Gasteiger partial charge in [-0.1, -0.05) is 80.5 Å². The van der Waals surface area contributed by atoms with E-state index in [9.17, 15) is 0 Å². The molecule has 0 fully saturated rings. The van der Waals surface area contributed by atoms with Crippen LogP contribution in [0.15, 0.2) is 60.8 Å². The first-order chi connectivity index (χ1) is 7.41. The monoisotopic (exact) mass is 201 g/mol. The lowest BCUT2D eigenvalue weighted by molar-refractivity contribution is 0.815. The van der Waals surface area contributed by atoms with Gasteiger partial charge >= 0.3 is 0 Å². The molecule has 0 bridgehead atoms. The van der Waals surface area contributed by atoms with Crippen molar-refractivity contribution >= 4 is 0 Å². The van der Waals surface area contributed by atoms with E-state index in [0.717, 1.165) is 0 Å². The van der Waals surface area contributed by atoms with E-state index in [1.54, 1.807) is 6.08 Å². The fourth-order valence-electron chi connectivity index (χ4n) is 0.960. The summed E-state index contributed by atoms with van der Waals surface area (Å²) in [6.07, 6.45) is 23.7. The van der Waals surface area contributed by atoms with Gasteiger partial charge in [-0.3, -0.25) is 0 Å². The van der Waals surface area contributed by atoms with Gasteiger partial charge in [0.15, 0.2) is 0 Å². The maximum atomic E-state index is 3.59. The lowest BCUT2D eigenvalue weighted by atomic mass is 10.2. The molecule has 0 saturated heterocycles. The van der Waals surface area contributed by atoms with Gasteiger partial charge in [-0.15, -0.1) is 0 Å². The van der Waals surface area contributed by atoms with Gasteiger partial charge in [-0.2, -0.15) is 0 Å². The molecule has 0 aliphatic rings. The van der Waals surface area contributed by atoms with Gasteiger partial charge in [0.2, 0.25) is 0 Å². The maximum absolute atomic E-state index is 3.59. The Kier molecular flexibility index (Phi) is 11.6. The van der Waals surface area contributed by atoms with Gasteiger partial charge in [0, 0.05) is 0 Å². The summed E-state index contributed by atoms with van der Waals surface area (Å²) in [6, 6.07) is 0. The molecule has 0 heterocycles. The molecule has 0 aromatic rings. The fraction of sp³-hybridized carbons (Fsp3) is 0.267. The van der Waals surface area contributed by atoms with Crippen molar-refractivity contribution in [1.82, 2.24) is 0 Å². The molecule has 0 unspecified atom stereocenters. The second-order valence-electron chi connectivity index (χ2n) is 3.15. The first-order valence-electron chi connectivity index (χ1n) is 5.52. The third-order valence-corrected chi connectivity index (χ3v) is 1.77. The van der Waals surface area contributed by atoms with Gasteiger partial charge in [0.1, 0.15) is 0 Å². The van der Waals surface area contributed by atoms with E-state index in [1.807, 2.05) is 36.5 Å². The molecule has 0 saturated carbocycles. The van der Waals surface area contributed by atoms with E-state index in [0.29, 0.717) is 0 Å². The molecular formula is C15H21.